The average Bonchev–Trinajstić information content (AvgIpc) is 3.06. The van der Waals surface area contributed by atoms with Crippen LogP contribution in [0.1, 0.15) is 44.6 Å². The highest BCUT2D eigenvalue weighted by Gasteiger charge is 2.41. The lowest BCUT2D eigenvalue weighted by Gasteiger charge is -2.27. The number of allylic oxidation sites excluding steroid dienone is 1. The highest BCUT2D eigenvalue weighted by Crippen LogP contribution is 2.38. The van der Waals surface area contributed by atoms with Crippen LogP contribution in [0.4, 0.5) is 0 Å². The van der Waals surface area contributed by atoms with E-state index >= 15 is 0 Å². The number of hydrogen-bond acceptors (Lipinski definition) is 3. The normalized spacial score (nSPS) is 17.2. The highest BCUT2D eigenvalue weighted by molar-refractivity contribution is 5.81. The number of carbonyl (C=O) groups excluding carboxylic acids is 1. The number of hydrogen-bond donors (Lipinski definition) is 1. The van der Waals surface area contributed by atoms with Gasteiger partial charge in [-0.3, -0.25) is 9.59 Å². The molecule has 130 valence electrons. The van der Waals surface area contributed by atoms with Crippen LogP contribution < -0.4 is 0 Å². The molecular formula is C20H26O4. The molecule has 0 aromatic heterocycles. The van der Waals surface area contributed by atoms with Gasteiger partial charge in [0, 0.05) is 0 Å². The summed E-state index contributed by atoms with van der Waals surface area (Å²) < 4.78 is 5.44. The van der Waals surface area contributed by atoms with Crippen LogP contribution in [-0.4, -0.2) is 17.0 Å². The zero-order valence-corrected chi connectivity index (χ0v) is 14.2. The molecular weight excluding hydrogens is 304 g/mol. The van der Waals surface area contributed by atoms with E-state index in [1.165, 1.54) is 0 Å². The minimum Gasteiger partial charge on any atom is -0.481 e. The summed E-state index contributed by atoms with van der Waals surface area (Å²) in [6.45, 7) is 5.86. The van der Waals surface area contributed by atoms with E-state index in [4.69, 9.17) is 4.74 Å². The third-order valence-corrected chi connectivity index (χ3v) is 4.72. The van der Waals surface area contributed by atoms with Crippen molar-refractivity contribution in [2.24, 2.45) is 17.8 Å². The van der Waals surface area contributed by atoms with Gasteiger partial charge in [0.05, 0.1) is 11.8 Å². The molecule has 4 heteroatoms. The maximum absolute atomic E-state index is 12.6. The number of benzene rings is 1. The first kappa shape index (κ1) is 18.2. The smallest absolute Gasteiger partial charge is 0.310 e. The largest absolute Gasteiger partial charge is 0.481 e. The second kappa shape index (κ2) is 8.67. The number of esters is 1. The zero-order chi connectivity index (χ0) is 17.5. The van der Waals surface area contributed by atoms with Gasteiger partial charge in [0.25, 0.3) is 0 Å². The summed E-state index contributed by atoms with van der Waals surface area (Å²) in [5.74, 6) is -2.62. The van der Waals surface area contributed by atoms with Gasteiger partial charge in [-0.05, 0) is 37.7 Å². The van der Waals surface area contributed by atoms with E-state index in [1.807, 2.05) is 37.3 Å². The molecule has 2 atom stereocenters. The first-order valence-corrected chi connectivity index (χ1v) is 8.56. The Morgan fingerprint density at radius 1 is 1.25 bits per heavy atom. The molecule has 0 bridgehead atoms. The van der Waals surface area contributed by atoms with E-state index in [9.17, 15) is 14.7 Å². The molecule has 4 nitrogen and oxygen atoms in total. The molecule has 0 aliphatic heterocycles. The van der Waals surface area contributed by atoms with Gasteiger partial charge < -0.3 is 9.84 Å². The van der Waals surface area contributed by atoms with Crippen molar-refractivity contribution in [3.63, 3.8) is 0 Å². The van der Waals surface area contributed by atoms with Crippen molar-refractivity contribution in [2.75, 3.05) is 0 Å². The molecule has 0 radical (unpaired) electrons. The molecule has 1 aliphatic carbocycles. The van der Waals surface area contributed by atoms with E-state index in [2.05, 4.69) is 6.58 Å². The summed E-state index contributed by atoms with van der Waals surface area (Å²) in [4.78, 5) is 24.5. The van der Waals surface area contributed by atoms with Crippen molar-refractivity contribution in [1.29, 1.82) is 0 Å². The van der Waals surface area contributed by atoms with Crippen molar-refractivity contribution in [2.45, 2.75) is 45.6 Å². The fourth-order valence-electron chi connectivity index (χ4n) is 3.59. The predicted octanol–water partition coefficient (Wildman–Crippen LogP) is 4.20. The molecule has 1 N–H and O–H groups in total. The molecule has 1 fully saturated rings. The summed E-state index contributed by atoms with van der Waals surface area (Å²) in [5, 5.41) is 9.71. The Balaban J connectivity index is 2.11. The monoisotopic (exact) mass is 330 g/mol. The molecule has 1 saturated carbocycles. The Bertz CT molecular complexity index is 573. The van der Waals surface area contributed by atoms with Gasteiger partial charge in [-0.15, -0.1) is 6.58 Å². The van der Waals surface area contributed by atoms with Crippen LogP contribution in [0.25, 0.3) is 0 Å². The van der Waals surface area contributed by atoms with Crippen molar-refractivity contribution < 1.29 is 19.4 Å². The Labute approximate surface area is 143 Å². The number of carboxylic acids is 1. The minimum atomic E-state index is -0.898. The zero-order valence-electron chi connectivity index (χ0n) is 14.2. The molecule has 0 saturated heterocycles. The molecule has 1 aromatic rings. The minimum absolute atomic E-state index is 0.0520. The number of aliphatic carboxylic acids is 1. The van der Waals surface area contributed by atoms with Crippen LogP contribution in [0.5, 0.6) is 0 Å². The standard InChI is InChI=1S/C20H26O4/c1-14(2)12-17(18(19(21)22)16-10-6-7-11-16)20(23)24-13-15-8-4-3-5-9-15/h3-5,8-9,16-18H,1,6-7,10-13H2,2H3,(H,21,22)/t17?,18-/m0/s1. The van der Waals surface area contributed by atoms with Crippen LogP contribution in [0, 0.1) is 17.8 Å². The summed E-state index contributed by atoms with van der Waals surface area (Å²) in [7, 11) is 0. The van der Waals surface area contributed by atoms with Gasteiger partial charge in [-0.25, -0.2) is 0 Å². The number of carbonyl (C=O) groups is 2. The van der Waals surface area contributed by atoms with Gasteiger partial charge in [-0.2, -0.15) is 0 Å². The molecule has 1 unspecified atom stereocenters. The second-order valence-corrected chi connectivity index (χ2v) is 6.77. The summed E-state index contributed by atoms with van der Waals surface area (Å²) >= 11 is 0. The van der Waals surface area contributed by atoms with Gasteiger partial charge in [-0.1, -0.05) is 48.7 Å². The van der Waals surface area contributed by atoms with Gasteiger partial charge in [0.15, 0.2) is 0 Å². The van der Waals surface area contributed by atoms with Gasteiger partial charge in [0.1, 0.15) is 6.61 Å². The third-order valence-electron chi connectivity index (χ3n) is 4.72. The Hall–Kier alpha value is -2.10. The lowest BCUT2D eigenvalue weighted by Crippen LogP contribution is -2.36. The fourth-order valence-corrected chi connectivity index (χ4v) is 3.59. The van der Waals surface area contributed by atoms with Crippen molar-refractivity contribution in [3.8, 4) is 0 Å². The summed E-state index contributed by atoms with van der Waals surface area (Å²) in [5.41, 5.74) is 1.70. The van der Waals surface area contributed by atoms with Crippen molar-refractivity contribution in [1.82, 2.24) is 0 Å². The van der Waals surface area contributed by atoms with Crippen LogP contribution in [0.2, 0.25) is 0 Å². The van der Waals surface area contributed by atoms with Crippen molar-refractivity contribution >= 4 is 11.9 Å². The maximum Gasteiger partial charge on any atom is 0.310 e. The molecule has 2 rings (SSSR count). The van der Waals surface area contributed by atoms with E-state index in [0.717, 1.165) is 36.8 Å². The summed E-state index contributed by atoms with van der Waals surface area (Å²) in [6, 6.07) is 9.43. The Morgan fingerprint density at radius 3 is 2.42 bits per heavy atom. The predicted molar refractivity (Wildman–Crippen MR) is 92.2 cm³/mol. The molecule has 1 aromatic carbocycles. The number of rotatable bonds is 8. The lowest BCUT2D eigenvalue weighted by molar-refractivity contribution is -0.160. The quantitative estimate of drug-likeness (QED) is 0.573. The fraction of sp³-hybridized carbons (Fsp3) is 0.500. The van der Waals surface area contributed by atoms with Crippen LogP contribution in [0.3, 0.4) is 0 Å². The number of carboxylic acid groups (broad SMARTS) is 1. The molecule has 0 heterocycles. The lowest BCUT2D eigenvalue weighted by atomic mass is 9.77. The molecule has 1 aliphatic rings. The molecule has 0 amide bonds. The van der Waals surface area contributed by atoms with Crippen LogP contribution in [0.15, 0.2) is 42.5 Å². The summed E-state index contributed by atoms with van der Waals surface area (Å²) in [6.07, 6.45) is 4.17. The van der Waals surface area contributed by atoms with Crippen LogP contribution in [-0.2, 0) is 20.9 Å². The van der Waals surface area contributed by atoms with E-state index < -0.39 is 23.8 Å². The SMILES string of the molecule is C=C(C)CC(C(=O)OCc1ccccc1)[C@@H](C(=O)O)C1CCCC1. The molecule has 24 heavy (non-hydrogen) atoms. The maximum atomic E-state index is 12.6. The van der Waals surface area contributed by atoms with E-state index in [1.54, 1.807) is 0 Å². The molecule has 0 spiro atoms. The third kappa shape index (κ3) is 4.95. The Morgan fingerprint density at radius 2 is 1.88 bits per heavy atom. The number of ether oxygens (including phenoxy) is 1. The first-order chi connectivity index (χ1) is 11.5. The average molecular weight is 330 g/mol. The van der Waals surface area contributed by atoms with Crippen LogP contribution >= 0.6 is 0 Å². The van der Waals surface area contributed by atoms with Gasteiger partial charge in [0.2, 0.25) is 0 Å². The van der Waals surface area contributed by atoms with Gasteiger partial charge >= 0.3 is 11.9 Å². The topological polar surface area (TPSA) is 63.6 Å². The second-order valence-electron chi connectivity index (χ2n) is 6.77. The van der Waals surface area contributed by atoms with E-state index in [0.29, 0.717) is 6.42 Å². The first-order valence-electron chi connectivity index (χ1n) is 8.56. The van der Waals surface area contributed by atoms with Crippen molar-refractivity contribution in [3.05, 3.63) is 48.0 Å². The Kier molecular flexibility index (Phi) is 6.59. The highest BCUT2D eigenvalue weighted by atomic mass is 16.5. The van der Waals surface area contributed by atoms with E-state index in [-0.39, 0.29) is 12.5 Å².